The molecule has 2 aromatic carbocycles. The molecule has 0 spiro atoms. The lowest BCUT2D eigenvalue weighted by atomic mass is 10.1. The zero-order chi connectivity index (χ0) is 16.2. The SMILES string of the molecule is c1ccc(C[C@H]2COC(C3=N[C@H](Cc4ccccc4)CO3)=N2)cc1. The highest BCUT2D eigenvalue weighted by Crippen LogP contribution is 2.17. The molecule has 0 bridgehead atoms. The highest BCUT2D eigenvalue weighted by Gasteiger charge is 2.29. The van der Waals surface area contributed by atoms with Crippen LogP contribution in [-0.4, -0.2) is 37.1 Å². The molecule has 4 heteroatoms. The lowest BCUT2D eigenvalue weighted by molar-refractivity contribution is 0.293. The van der Waals surface area contributed by atoms with Crippen molar-refractivity contribution in [1.82, 2.24) is 0 Å². The molecule has 0 aromatic heterocycles. The fourth-order valence-corrected chi connectivity index (χ4v) is 3.05. The van der Waals surface area contributed by atoms with Crippen molar-refractivity contribution in [3.8, 4) is 0 Å². The Labute approximate surface area is 141 Å². The molecule has 2 aromatic rings. The van der Waals surface area contributed by atoms with Gasteiger partial charge in [0, 0.05) is 0 Å². The average molecular weight is 320 g/mol. The maximum Gasteiger partial charge on any atom is 0.273 e. The maximum atomic E-state index is 5.71. The monoisotopic (exact) mass is 320 g/mol. The van der Waals surface area contributed by atoms with E-state index in [4.69, 9.17) is 9.47 Å². The summed E-state index contributed by atoms with van der Waals surface area (Å²) >= 11 is 0. The summed E-state index contributed by atoms with van der Waals surface area (Å²) in [7, 11) is 0. The Bertz CT molecular complexity index is 675. The zero-order valence-electron chi connectivity index (χ0n) is 13.5. The van der Waals surface area contributed by atoms with Crippen molar-refractivity contribution in [3.63, 3.8) is 0 Å². The van der Waals surface area contributed by atoms with E-state index < -0.39 is 0 Å². The molecule has 0 aliphatic carbocycles. The summed E-state index contributed by atoms with van der Waals surface area (Å²) in [6, 6.07) is 21.0. The Morgan fingerprint density at radius 1 is 0.667 bits per heavy atom. The molecule has 4 nitrogen and oxygen atoms in total. The summed E-state index contributed by atoms with van der Waals surface area (Å²) in [6.07, 6.45) is 1.76. The van der Waals surface area contributed by atoms with E-state index in [9.17, 15) is 0 Å². The Morgan fingerprint density at radius 3 is 1.50 bits per heavy atom. The molecule has 2 aliphatic heterocycles. The van der Waals surface area contributed by atoms with Crippen LogP contribution in [0, 0.1) is 0 Å². The maximum absolute atomic E-state index is 5.71. The highest BCUT2D eigenvalue weighted by atomic mass is 16.5. The third-order valence-electron chi connectivity index (χ3n) is 4.24. The van der Waals surface area contributed by atoms with Gasteiger partial charge in [0.1, 0.15) is 13.2 Å². The summed E-state index contributed by atoms with van der Waals surface area (Å²) in [5, 5.41) is 0. The van der Waals surface area contributed by atoms with Crippen molar-refractivity contribution in [1.29, 1.82) is 0 Å². The van der Waals surface area contributed by atoms with Gasteiger partial charge in [0.05, 0.1) is 12.1 Å². The first-order chi connectivity index (χ1) is 11.9. The Morgan fingerprint density at radius 2 is 1.08 bits per heavy atom. The van der Waals surface area contributed by atoms with E-state index in [1.54, 1.807) is 0 Å². The van der Waals surface area contributed by atoms with Crippen LogP contribution in [0.25, 0.3) is 0 Å². The minimum Gasteiger partial charge on any atom is -0.472 e. The van der Waals surface area contributed by atoms with Crippen molar-refractivity contribution in [2.75, 3.05) is 13.2 Å². The normalized spacial score (nSPS) is 22.5. The molecule has 2 atom stereocenters. The predicted molar refractivity (Wildman–Crippen MR) is 94.6 cm³/mol. The zero-order valence-corrected chi connectivity index (χ0v) is 13.5. The molecule has 0 unspecified atom stereocenters. The molecule has 0 amide bonds. The average Bonchev–Trinajstić information content (AvgIpc) is 3.26. The second-order valence-corrected chi connectivity index (χ2v) is 6.18. The number of hydrogen-bond donors (Lipinski definition) is 0. The third kappa shape index (κ3) is 3.48. The van der Waals surface area contributed by atoms with E-state index in [1.807, 2.05) is 36.4 Å². The Hall–Kier alpha value is -2.62. The quantitative estimate of drug-likeness (QED) is 0.850. The smallest absolute Gasteiger partial charge is 0.273 e. The lowest BCUT2D eigenvalue weighted by Gasteiger charge is -2.04. The summed E-state index contributed by atoms with van der Waals surface area (Å²) < 4.78 is 11.4. The van der Waals surface area contributed by atoms with Crippen molar-refractivity contribution >= 4 is 11.8 Å². The van der Waals surface area contributed by atoms with Crippen LogP contribution in [0.4, 0.5) is 0 Å². The molecular formula is C20H20N2O2. The minimum atomic E-state index is 0.141. The van der Waals surface area contributed by atoms with E-state index >= 15 is 0 Å². The molecule has 0 N–H and O–H groups in total. The van der Waals surface area contributed by atoms with E-state index in [1.165, 1.54) is 11.1 Å². The van der Waals surface area contributed by atoms with Crippen LogP contribution in [-0.2, 0) is 22.3 Å². The van der Waals surface area contributed by atoms with Crippen molar-refractivity contribution in [2.24, 2.45) is 9.98 Å². The number of nitrogens with zero attached hydrogens (tertiary/aromatic N) is 2. The van der Waals surface area contributed by atoms with Crippen molar-refractivity contribution in [3.05, 3.63) is 71.8 Å². The van der Waals surface area contributed by atoms with Gasteiger partial charge in [-0.2, -0.15) is 0 Å². The van der Waals surface area contributed by atoms with Crippen LogP contribution in [0.15, 0.2) is 70.6 Å². The van der Waals surface area contributed by atoms with E-state index in [2.05, 4.69) is 34.3 Å². The van der Waals surface area contributed by atoms with E-state index in [0.29, 0.717) is 25.0 Å². The van der Waals surface area contributed by atoms with Crippen LogP contribution in [0.3, 0.4) is 0 Å². The molecular weight excluding hydrogens is 300 g/mol. The Kier molecular flexibility index (Phi) is 4.28. The summed E-state index contributed by atoms with van der Waals surface area (Å²) in [4.78, 5) is 9.29. The molecule has 4 rings (SSSR count). The van der Waals surface area contributed by atoms with E-state index in [-0.39, 0.29) is 12.1 Å². The molecule has 0 fully saturated rings. The van der Waals surface area contributed by atoms with Gasteiger partial charge in [0.15, 0.2) is 0 Å². The van der Waals surface area contributed by atoms with Gasteiger partial charge >= 0.3 is 0 Å². The molecule has 122 valence electrons. The lowest BCUT2D eigenvalue weighted by Crippen LogP contribution is -2.14. The van der Waals surface area contributed by atoms with Gasteiger partial charge in [-0.05, 0) is 24.0 Å². The van der Waals surface area contributed by atoms with Crippen LogP contribution in [0.1, 0.15) is 11.1 Å². The molecule has 0 saturated carbocycles. The number of hydrogen-bond acceptors (Lipinski definition) is 4. The van der Waals surface area contributed by atoms with Gasteiger partial charge in [0.2, 0.25) is 0 Å². The first-order valence-electron chi connectivity index (χ1n) is 8.36. The Balaban J connectivity index is 1.39. The first kappa shape index (κ1) is 14.9. The molecule has 2 aliphatic rings. The van der Waals surface area contributed by atoms with Crippen LogP contribution in [0.5, 0.6) is 0 Å². The van der Waals surface area contributed by atoms with Crippen molar-refractivity contribution in [2.45, 2.75) is 24.9 Å². The number of aliphatic imine (C=N–C) groups is 2. The van der Waals surface area contributed by atoms with Crippen LogP contribution in [0.2, 0.25) is 0 Å². The topological polar surface area (TPSA) is 43.2 Å². The van der Waals surface area contributed by atoms with Gasteiger partial charge in [-0.3, -0.25) is 0 Å². The van der Waals surface area contributed by atoms with Crippen LogP contribution >= 0.6 is 0 Å². The van der Waals surface area contributed by atoms with E-state index in [0.717, 1.165) is 12.8 Å². The summed E-state index contributed by atoms with van der Waals surface area (Å²) in [5.41, 5.74) is 2.54. The van der Waals surface area contributed by atoms with Gasteiger partial charge in [0.25, 0.3) is 11.8 Å². The van der Waals surface area contributed by atoms with Crippen molar-refractivity contribution < 1.29 is 9.47 Å². The first-order valence-corrected chi connectivity index (χ1v) is 8.36. The fourth-order valence-electron chi connectivity index (χ4n) is 3.05. The van der Waals surface area contributed by atoms with Crippen LogP contribution < -0.4 is 0 Å². The summed E-state index contributed by atoms with van der Waals surface area (Å²) in [5.74, 6) is 1.12. The number of benzene rings is 2. The van der Waals surface area contributed by atoms with Gasteiger partial charge in [-0.25, -0.2) is 9.98 Å². The predicted octanol–water partition coefficient (Wildman–Crippen LogP) is 3.07. The standard InChI is InChI=1S/C20H20N2O2/c1-3-7-15(8-4-1)11-17-13-23-19(21-17)20-22-18(14-24-20)12-16-9-5-2-6-10-16/h1-10,17-18H,11-14H2/t17-,18+. The second-order valence-electron chi connectivity index (χ2n) is 6.18. The number of ether oxygens (including phenoxy) is 2. The van der Waals surface area contributed by atoms with Gasteiger partial charge < -0.3 is 9.47 Å². The molecule has 24 heavy (non-hydrogen) atoms. The molecule has 2 heterocycles. The minimum absolute atomic E-state index is 0.141. The third-order valence-corrected chi connectivity index (χ3v) is 4.24. The second kappa shape index (κ2) is 6.87. The molecule has 0 radical (unpaired) electrons. The fraction of sp³-hybridized carbons (Fsp3) is 0.300. The number of rotatable bonds is 5. The van der Waals surface area contributed by atoms with Gasteiger partial charge in [-0.15, -0.1) is 0 Å². The highest BCUT2D eigenvalue weighted by molar-refractivity contribution is 6.36. The largest absolute Gasteiger partial charge is 0.472 e. The van der Waals surface area contributed by atoms with Gasteiger partial charge in [-0.1, -0.05) is 60.7 Å². The summed E-state index contributed by atoms with van der Waals surface area (Å²) in [6.45, 7) is 1.19. The molecule has 0 saturated heterocycles.